The third kappa shape index (κ3) is 1.93. The molecule has 86 valence electrons. The molecule has 0 aliphatic heterocycles. The van der Waals surface area contributed by atoms with Crippen LogP contribution in [0.15, 0.2) is 16.7 Å². The predicted molar refractivity (Wildman–Crippen MR) is 55.4 cm³/mol. The molecule has 0 unspecified atom stereocenters. The average molecular weight is 223 g/mol. The Balaban J connectivity index is 2.06. The first-order chi connectivity index (χ1) is 7.50. The quantitative estimate of drug-likeness (QED) is 0.816. The van der Waals surface area contributed by atoms with E-state index in [1.54, 1.807) is 0 Å². The summed E-state index contributed by atoms with van der Waals surface area (Å²) < 4.78 is 4.91. The molecule has 1 saturated carbocycles. The van der Waals surface area contributed by atoms with Gasteiger partial charge in [-0.05, 0) is 26.2 Å². The number of carbonyl (C=O) groups excluding carboxylic acids is 1. The minimum Gasteiger partial charge on any atom is -0.478 e. The molecule has 0 spiro atoms. The summed E-state index contributed by atoms with van der Waals surface area (Å²) in [6, 6.07) is 1.24. The lowest BCUT2D eigenvalue weighted by molar-refractivity contribution is 0.0695. The van der Waals surface area contributed by atoms with E-state index >= 15 is 0 Å². The highest BCUT2D eigenvalue weighted by Crippen LogP contribution is 2.31. The highest BCUT2D eigenvalue weighted by Gasteiger charge is 2.34. The van der Waals surface area contributed by atoms with Crippen LogP contribution in [-0.2, 0) is 0 Å². The van der Waals surface area contributed by atoms with Crippen molar-refractivity contribution in [3.63, 3.8) is 0 Å². The Kier molecular flexibility index (Phi) is 2.46. The zero-order chi connectivity index (χ0) is 11.8. The van der Waals surface area contributed by atoms with Gasteiger partial charge in [-0.15, -0.1) is 0 Å². The largest absolute Gasteiger partial charge is 0.478 e. The van der Waals surface area contributed by atoms with E-state index in [0.717, 1.165) is 25.5 Å². The van der Waals surface area contributed by atoms with Crippen molar-refractivity contribution in [3.8, 4) is 0 Å². The molecule has 0 bridgehead atoms. The second kappa shape index (κ2) is 3.66. The SMILES string of the molecule is CC1(NC(=O)c2cc(C(=O)O)co2)CCC1. The second-order valence-corrected chi connectivity index (χ2v) is 4.37. The van der Waals surface area contributed by atoms with E-state index in [-0.39, 0.29) is 22.8 Å². The molecule has 2 rings (SSSR count). The van der Waals surface area contributed by atoms with Crippen molar-refractivity contribution < 1.29 is 19.1 Å². The van der Waals surface area contributed by atoms with Crippen molar-refractivity contribution in [2.24, 2.45) is 0 Å². The molecule has 0 radical (unpaired) electrons. The molecule has 0 atom stereocenters. The van der Waals surface area contributed by atoms with Gasteiger partial charge < -0.3 is 14.8 Å². The second-order valence-electron chi connectivity index (χ2n) is 4.37. The van der Waals surface area contributed by atoms with Crippen LogP contribution in [0.1, 0.15) is 47.1 Å². The van der Waals surface area contributed by atoms with Gasteiger partial charge in [0.2, 0.25) is 0 Å². The number of carboxylic acids is 1. The molecule has 1 fully saturated rings. The minimum atomic E-state index is -1.10. The summed E-state index contributed by atoms with van der Waals surface area (Å²) in [5, 5.41) is 11.5. The Labute approximate surface area is 92.4 Å². The summed E-state index contributed by atoms with van der Waals surface area (Å²) in [7, 11) is 0. The first-order valence-corrected chi connectivity index (χ1v) is 5.14. The number of carboxylic acid groups (broad SMARTS) is 1. The van der Waals surface area contributed by atoms with Crippen molar-refractivity contribution in [1.29, 1.82) is 0 Å². The molecular formula is C11H13NO4. The molecule has 16 heavy (non-hydrogen) atoms. The molecule has 1 aliphatic rings. The zero-order valence-electron chi connectivity index (χ0n) is 8.95. The molecule has 0 aromatic carbocycles. The normalized spacial score (nSPS) is 17.6. The van der Waals surface area contributed by atoms with Gasteiger partial charge in [0.05, 0.1) is 5.56 Å². The summed E-state index contributed by atoms with van der Waals surface area (Å²) in [4.78, 5) is 22.3. The van der Waals surface area contributed by atoms with E-state index in [1.807, 2.05) is 6.92 Å². The van der Waals surface area contributed by atoms with Gasteiger partial charge in [-0.3, -0.25) is 4.79 Å². The summed E-state index contributed by atoms with van der Waals surface area (Å²) in [6.07, 6.45) is 4.08. The van der Waals surface area contributed by atoms with Gasteiger partial charge in [0.25, 0.3) is 5.91 Å². The number of amides is 1. The van der Waals surface area contributed by atoms with Gasteiger partial charge >= 0.3 is 5.97 Å². The number of rotatable bonds is 3. The lowest BCUT2D eigenvalue weighted by Crippen LogP contribution is -2.50. The van der Waals surface area contributed by atoms with Crippen LogP contribution in [0.3, 0.4) is 0 Å². The first kappa shape index (κ1) is 10.7. The average Bonchev–Trinajstić information content (AvgIpc) is 2.64. The standard InChI is InChI=1S/C11H13NO4/c1-11(3-2-4-11)12-9(13)8-5-7(6-16-8)10(14)15/h5-6H,2-4H2,1H3,(H,12,13)(H,14,15). The molecule has 2 N–H and O–H groups in total. The Morgan fingerprint density at radius 3 is 2.62 bits per heavy atom. The van der Waals surface area contributed by atoms with Crippen LogP contribution in [0.2, 0.25) is 0 Å². The summed E-state index contributed by atoms with van der Waals surface area (Å²) >= 11 is 0. The molecule has 0 saturated heterocycles. The van der Waals surface area contributed by atoms with Gasteiger partial charge in [-0.2, -0.15) is 0 Å². The number of nitrogens with one attached hydrogen (secondary N) is 1. The van der Waals surface area contributed by atoms with E-state index in [4.69, 9.17) is 9.52 Å². The van der Waals surface area contributed by atoms with Crippen molar-refractivity contribution in [2.45, 2.75) is 31.7 Å². The molecule has 1 aromatic heterocycles. The Bertz CT molecular complexity index is 431. The summed E-state index contributed by atoms with van der Waals surface area (Å²) in [6.45, 7) is 1.97. The topological polar surface area (TPSA) is 79.5 Å². The first-order valence-electron chi connectivity index (χ1n) is 5.14. The molecule has 1 aromatic rings. The Morgan fingerprint density at radius 2 is 2.19 bits per heavy atom. The van der Waals surface area contributed by atoms with Crippen LogP contribution in [0.5, 0.6) is 0 Å². The van der Waals surface area contributed by atoms with Gasteiger partial charge in [0.1, 0.15) is 6.26 Å². The molecule has 5 nitrogen and oxygen atoms in total. The Morgan fingerprint density at radius 1 is 1.50 bits per heavy atom. The molecule has 1 aliphatic carbocycles. The molecular weight excluding hydrogens is 210 g/mol. The minimum absolute atomic E-state index is 0.0103. The lowest BCUT2D eigenvalue weighted by atomic mass is 9.78. The van der Waals surface area contributed by atoms with Gasteiger partial charge in [0, 0.05) is 11.6 Å². The number of furan rings is 1. The zero-order valence-corrected chi connectivity index (χ0v) is 8.95. The number of hydrogen-bond donors (Lipinski definition) is 2. The van der Waals surface area contributed by atoms with Crippen LogP contribution in [-0.4, -0.2) is 22.5 Å². The molecule has 1 heterocycles. The van der Waals surface area contributed by atoms with E-state index < -0.39 is 5.97 Å². The molecule has 5 heteroatoms. The smallest absolute Gasteiger partial charge is 0.338 e. The van der Waals surface area contributed by atoms with Gasteiger partial charge in [-0.1, -0.05) is 0 Å². The maximum Gasteiger partial charge on any atom is 0.338 e. The van der Waals surface area contributed by atoms with E-state index in [0.29, 0.717) is 0 Å². The number of hydrogen-bond acceptors (Lipinski definition) is 3. The van der Waals surface area contributed by atoms with E-state index in [2.05, 4.69) is 5.32 Å². The maximum absolute atomic E-state index is 11.7. The monoisotopic (exact) mass is 223 g/mol. The maximum atomic E-state index is 11.7. The van der Waals surface area contributed by atoms with Crippen molar-refractivity contribution >= 4 is 11.9 Å². The van der Waals surface area contributed by atoms with Crippen LogP contribution >= 0.6 is 0 Å². The number of aromatic carboxylic acids is 1. The predicted octanol–water partition coefficient (Wildman–Crippen LogP) is 1.65. The lowest BCUT2D eigenvalue weighted by Gasteiger charge is -2.38. The Hall–Kier alpha value is -1.78. The van der Waals surface area contributed by atoms with Gasteiger partial charge in [0.15, 0.2) is 5.76 Å². The van der Waals surface area contributed by atoms with Gasteiger partial charge in [-0.25, -0.2) is 4.79 Å². The summed E-state index contributed by atoms with van der Waals surface area (Å²) in [5.74, 6) is -1.40. The molecule has 1 amide bonds. The third-order valence-corrected chi connectivity index (χ3v) is 2.94. The van der Waals surface area contributed by atoms with Crippen LogP contribution in [0, 0.1) is 0 Å². The fourth-order valence-corrected chi connectivity index (χ4v) is 1.74. The van der Waals surface area contributed by atoms with E-state index in [9.17, 15) is 9.59 Å². The van der Waals surface area contributed by atoms with Crippen LogP contribution in [0.4, 0.5) is 0 Å². The van der Waals surface area contributed by atoms with Crippen molar-refractivity contribution in [2.75, 3.05) is 0 Å². The van der Waals surface area contributed by atoms with Crippen LogP contribution < -0.4 is 5.32 Å². The van der Waals surface area contributed by atoms with Crippen LogP contribution in [0.25, 0.3) is 0 Å². The third-order valence-electron chi connectivity index (χ3n) is 2.94. The number of carbonyl (C=O) groups is 2. The van der Waals surface area contributed by atoms with E-state index in [1.165, 1.54) is 6.07 Å². The van der Waals surface area contributed by atoms with Crippen molar-refractivity contribution in [3.05, 3.63) is 23.7 Å². The van der Waals surface area contributed by atoms with Crippen molar-refractivity contribution in [1.82, 2.24) is 5.32 Å². The summed E-state index contributed by atoms with van der Waals surface area (Å²) in [5.41, 5.74) is -0.170. The fraction of sp³-hybridized carbons (Fsp3) is 0.455. The highest BCUT2D eigenvalue weighted by molar-refractivity contribution is 5.95. The fourth-order valence-electron chi connectivity index (χ4n) is 1.74. The highest BCUT2D eigenvalue weighted by atomic mass is 16.4.